The molecule has 74 valence electrons. The molecule has 1 heterocycles. The van der Waals surface area contributed by atoms with Crippen LogP contribution >= 0.6 is 11.6 Å². The van der Waals surface area contributed by atoms with Crippen molar-refractivity contribution in [2.24, 2.45) is 0 Å². The van der Waals surface area contributed by atoms with Gasteiger partial charge in [-0.1, -0.05) is 17.7 Å². The number of carbonyl (C=O) groups is 1. The summed E-state index contributed by atoms with van der Waals surface area (Å²) in [5.74, 6) is 0. The maximum atomic E-state index is 12.4. The summed E-state index contributed by atoms with van der Waals surface area (Å²) in [6.07, 6.45) is -0.684. The van der Waals surface area contributed by atoms with E-state index in [1.807, 2.05) is 12.1 Å². The van der Waals surface area contributed by atoms with Crippen molar-refractivity contribution in [3.63, 3.8) is 0 Å². The molecule has 1 aliphatic rings. The molecule has 1 aromatic carbocycles. The highest BCUT2D eigenvalue weighted by Crippen LogP contribution is 2.22. The average Bonchev–Trinajstić information content (AvgIpc) is 2.16. The zero-order chi connectivity index (χ0) is 10.1. The van der Waals surface area contributed by atoms with Gasteiger partial charge in [0.05, 0.1) is 0 Å². The molecule has 0 bridgehead atoms. The summed E-state index contributed by atoms with van der Waals surface area (Å²) in [5.41, 5.74) is 2.08. The van der Waals surface area contributed by atoms with Gasteiger partial charge in [-0.05, 0) is 29.7 Å². The first-order valence-electron chi connectivity index (χ1n) is 4.38. The zero-order valence-electron chi connectivity index (χ0n) is 7.46. The lowest BCUT2D eigenvalue weighted by Crippen LogP contribution is -2.32. The smallest absolute Gasteiger partial charge is 0.310 e. The minimum Gasteiger partial charge on any atom is -0.310 e. The van der Waals surface area contributed by atoms with Gasteiger partial charge in [-0.15, -0.1) is 4.39 Å². The van der Waals surface area contributed by atoms with Crippen LogP contribution in [0.5, 0.6) is 0 Å². The molecule has 1 amide bonds. The number of amides is 1. The van der Waals surface area contributed by atoms with E-state index in [-0.39, 0.29) is 0 Å². The fourth-order valence-electron chi connectivity index (χ4n) is 1.67. The first-order chi connectivity index (χ1) is 6.66. The molecule has 0 fully saturated rings. The number of rotatable bonds is 0. The molecule has 0 radical (unpaired) electrons. The number of halogens is 2. The van der Waals surface area contributed by atoms with Crippen LogP contribution < -0.4 is 0 Å². The molecular weight excluding hydrogens is 205 g/mol. The lowest BCUT2D eigenvalue weighted by atomic mass is 10.0. The van der Waals surface area contributed by atoms with E-state index >= 15 is 0 Å². The Kier molecular flexibility index (Phi) is 2.42. The summed E-state index contributed by atoms with van der Waals surface area (Å²) < 4.78 is 12.4. The van der Waals surface area contributed by atoms with Crippen molar-refractivity contribution in [2.45, 2.75) is 13.0 Å². The molecule has 2 nitrogen and oxygen atoms in total. The molecule has 0 N–H and O–H groups in total. The quantitative estimate of drug-likeness (QED) is 0.479. The van der Waals surface area contributed by atoms with Gasteiger partial charge in [-0.3, -0.25) is 0 Å². The van der Waals surface area contributed by atoms with Crippen LogP contribution in [0.4, 0.5) is 9.18 Å². The van der Waals surface area contributed by atoms with E-state index in [9.17, 15) is 9.18 Å². The minimum absolute atomic E-state index is 0.349. The Morgan fingerprint density at radius 1 is 1.43 bits per heavy atom. The third-order valence-corrected chi connectivity index (χ3v) is 2.66. The first kappa shape index (κ1) is 9.46. The van der Waals surface area contributed by atoms with Crippen LogP contribution in [0.3, 0.4) is 0 Å². The second kappa shape index (κ2) is 3.58. The largest absolute Gasteiger partial charge is 0.400 e. The van der Waals surface area contributed by atoms with Gasteiger partial charge >= 0.3 is 6.16 Å². The average molecular weight is 214 g/mol. The van der Waals surface area contributed by atoms with Crippen LogP contribution in [0.1, 0.15) is 11.1 Å². The monoisotopic (exact) mass is 213 g/mol. The van der Waals surface area contributed by atoms with E-state index in [0.29, 0.717) is 24.5 Å². The van der Waals surface area contributed by atoms with E-state index in [1.165, 1.54) is 4.90 Å². The number of benzene rings is 1. The second-order valence-electron chi connectivity index (χ2n) is 3.34. The molecule has 14 heavy (non-hydrogen) atoms. The first-order valence-corrected chi connectivity index (χ1v) is 4.76. The number of hydrogen-bond donors (Lipinski definition) is 0. The molecule has 0 spiro atoms. The maximum absolute atomic E-state index is 12.4. The molecule has 0 saturated carbocycles. The Bertz CT molecular complexity index is 380. The normalized spacial score (nSPS) is 15.1. The molecule has 1 aromatic rings. The number of fused-ring (bicyclic) bond motifs is 1. The van der Waals surface area contributed by atoms with Gasteiger partial charge in [0.2, 0.25) is 0 Å². The minimum atomic E-state index is -1.36. The highest BCUT2D eigenvalue weighted by Gasteiger charge is 2.19. The second-order valence-corrected chi connectivity index (χ2v) is 3.77. The zero-order valence-corrected chi connectivity index (χ0v) is 8.22. The van der Waals surface area contributed by atoms with Crippen molar-refractivity contribution < 1.29 is 9.18 Å². The molecule has 0 saturated heterocycles. The van der Waals surface area contributed by atoms with Crippen molar-refractivity contribution in [1.82, 2.24) is 4.90 Å². The van der Waals surface area contributed by atoms with Gasteiger partial charge < -0.3 is 4.90 Å². The van der Waals surface area contributed by atoms with Crippen LogP contribution in [-0.2, 0) is 13.0 Å². The third-order valence-electron chi connectivity index (χ3n) is 2.43. The van der Waals surface area contributed by atoms with Gasteiger partial charge in [-0.2, -0.15) is 0 Å². The topological polar surface area (TPSA) is 20.3 Å². The molecule has 1 aliphatic heterocycles. The van der Waals surface area contributed by atoms with E-state index in [0.717, 1.165) is 11.1 Å². The van der Waals surface area contributed by atoms with Crippen LogP contribution in [0.2, 0.25) is 5.02 Å². The Hall–Kier alpha value is -1.09. The van der Waals surface area contributed by atoms with Gasteiger partial charge in [0, 0.05) is 18.1 Å². The number of nitrogens with zero attached hydrogens (tertiary/aromatic N) is 1. The van der Waals surface area contributed by atoms with Crippen LogP contribution in [0.15, 0.2) is 18.2 Å². The fraction of sp³-hybridized carbons (Fsp3) is 0.300. The lowest BCUT2D eigenvalue weighted by molar-refractivity contribution is 0.169. The summed E-state index contributed by atoms with van der Waals surface area (Å²) in [6.45, 7) is 0.782. The molecule has 0 unspecified atom stereocenters. The van der Waals surface area contributed by atoms with E-state index in [1.54, 1.807) is 6.07 Å². The van der Waals surface area contributed by atoms with E-state index < -0.39 is 6.16 Å². The summed E-state index contributed by atoms with van der Waals surface area (Å²) in [4.78, 5) is 11.7. The van der Waals surface area contributed by atoms with Gasteiger partial charge in [-0.25, -0.2) is 4.79 Å². The van der Waals surface area contributed by atoms with Crippen molar-refractivity contribution in [2.75, 3.05) is 6.54 Å². The molecular formula is C10H9ClFNO. The predicted octanol–water partition coefficient (Wildman–Crippen LogP) is 2.79. The third kappa shape index (κ3) is 1.73. The molecule has 0 atom stereocenters. The highest BCUT2D eigenvalue weighted by atomic mass is 35.5. The maximum Gasteiger partial charge on any atom is 0.400 e. The summed E-state index contributed by atoms with van der Waals surface area (Å²) in [6, 6.07) is 5.47. The van der Waals surface area contributed by atoms with Gasteiger partial charge in [0.15, 0.2) is 0 Å². The van der Waals surface area contributed by atoms with Crippen LogP contribution in [0, 0.1) is 0 Å². The number of carbonyl (C=O) groups excluding carboxylic acids is 1. The summed E-state index contributed by atoms with van der Waals surface area (Å²) >= 11 is 5.82. The Balaban J connectivity index is 2.27. The standard InChI is InChI=1S/C10H9ClFNO/c11-9-2-1-8-6-13(10(12)14)4-3-7(8)5-9/h1-2,5H,3-4,6H2. The molecule has 4 heteroatoms. The molecule has 2 rings (SSSR count). The van der Waals surface area contributed by atoms with E-state index in [4.69, 9.17) is 11.6 Å². The SMILES string of the molecule is O=C(F)N1CCc2cc(Cl)ccc2C1. The van der Waals surface area contributed by atoms with Crippen molar-refractivity contribution in [3.8, 4) is 0 Å². The van der Waals surface area contributed by atoms with Crippen LogP contribution in [0.25, 0.3) is 0 Å². The van der Waals surface area contributed by atoms with Crippen molar-refractivity contribution in [1.29, 1.82) is 0 Å². The predicted molar refractivity (Wildman–Crippen MR) is 52.1 cm³/mol. The highest BCUT2D eigenvalue weighted by molar-refractivity contribution is 6.30. The molecule has 0 aromatic heterocycles. The molecule has 0 aliphatic carbocycles. The van der Waals surface area contributed by atoms with E-state index in [2.05, 4.69) is 0 Å². The van der Waals surface area contributed by atoms with Gasteiger partial charge in [0.1, 0.15) is 0 Å². The summed E-state index contributed by atoms with van der Waals surface area (Å²) in [7, 11) is 0. The van der Waals surface area contributed by atoms with Crippen LogP contribution in [-0.4, -0.2) is 17.6 Å². The Morgan fingerprint density at radius 2 is 2.21 bits per heavy atom. The van der Waals surface area contributed by atoms with Crippen molar-refractivity contribution >= 4 is 17.8 Å². The Morgan fingerprint density at radius 3 is 2.93 bits per heavy atom. The van der Waals surface area contributed by atoms with Gasteiger partial charge in [0.25, 0.3) is 0 Å². The summed E-state index contributed by atoms with van der Waals surface area (Å²) in [5, 5.41) is 0.684. The Labute approximate surface area is 86.3 Å². The number of hydrogen-bond acceptors (Lipinski definition) is 1. The fourth-order valence-corrected chi connectivity index (χ4v) is 1.87. The van der Waals surface area contributed by atoms with Crippen molar-refractivity contribution in [3.05, 3.63) is 34.3 Å². The lowest BCUT2D eigenvalue weighted by Gasteiger charge is -2.25.